The van der Waals surface area contributed by atoms with Crippen molar-refractivity contribution >= 4 is 0 Å². The van der Waals surface area contributed by atoms with Crippen LogP contribution in [0.15, 0.2) is 0 Å². The Morgan fingerprint density at radius 3 is 2.80 bits per heavy atom. The smallest absolute Gasteiger partial charge is 0.0809 e. The number of nitrogens with one attached hydrogen (secondary N) is 1. The van der Waals surface area contributed by atoms with E-state index < -0.39 is 0 Å². The molecule has 0 amide bonds. The van der Waals surface area contributed by atoms with Crippen molar-refractivity contribution in [3.63, 3.8) is 0 Å². The van der Waals surface area contributed by atoms with Crippen LogP contribution in [-0.4, -0.2) is 38.0 Å². The first-order chi connectivity index (χ1) is 7.22. The SMILES string of the molecule is CCC(CNC(C)C)OCC1CCCO1. The molecule has 1 fully saturated rings. The van der Waals surface area contributed by atoms with E-state index in [2.05, 4.69) is 26.1 Å². The first-order valence-corrected chi connectivity index (χ1v) is 6.19. The molecular formula is C12H25NO2. The molecule has 1 aliphatic heterocycles. The van der Waals surface area contributed by atoms with E-state index in [1.807, 2.05) is 0 Å². The molecule has 90 valence electrons. The molecular weight excluding hydrogens is 190 g/mol. The van der Waals surface area contributed by atoms with Gasteiger partial charge in [0.25, 0.3) is 0 Å². The molecule has 0 spiro atoms. The minimum atomic E-state index is 0.330. The Balaban J connectivity index is 2.09. The zero-order valence-electron chi connectivity index (χ0n) is 10.3. The van der Waals surface area contributed by atoms with Gasteiger partial charge in [0.2, 0.25) is 0 Å². The van der Waals surface area contributed by atoms with Gasteiger partial charge in [-0.2, -0.15) is 0 Å². The summed E-state index contributed by atoms with van der Waals surface area (Å²) in [7, 11) is 0. The molecule has 0 aromatic heterocycles. The maximum atomic E-state index is 5.84. The van der Waals surface area contributed by atoms with Crippen LogP contribution in [0, 0.1) is 0 Å². The highest BCUT2D eigenvalue weighted by atomic mass is 16.5. The van der Waals surface area contributed by atoms with Gasteiger partial charge < -0.3 is 14.8 Å². The van der Waals surface area contributed by atoms with E-state index in [0.717, 1.165) is 32.6 Å². The van der Waals surface area contributed by atoms with Crippen LogP contribution in [0.2, 0.25) is 0 Å². The van der Waals surface area contributed by atoms with Crippen molar-refractivity contribution in [3.05, 3.63) is 0 Å². The lowest BCUT2D eigenvalue weighted by molar-refractivity contribution is -0.0213. The third-order valence-electron chi connectivity index (χ3n) is 2.75. The van der Waals surface area contributed by atoms with Crippen LogP contribution >= 0.6 is 0 Å². The minimum Gasteiger partial charge on any atom is -0.376 e. The maximum absolute atomic E-state index is 5.84. The fourth-order valence-corrected chi connectivity index (χ4v) is 1.71. The lowest BCUT2D eigenvalue weighted by atomic mass is 10.2. The van der Waals surface area contributed by atoms with E-state index in [0.29, 0.717) is 18.2 Å². The molecule has 2 atom stereocenters. The Morgan fingerprint density at radius 1 is 1.47 bits per heavy atom. The lowest BCUT2D eigenvalue weighted by Gasteiger charge is -2.20. The molecule has 1 N–H and O–H groups in total. The monoisotopic (exact) mass is 215 g/mol. The predicted molar refractivity (Wildman–Crippen MR) is 62.1 cm³/mol. The lowest BCUT2D eigenvalue weighted by Crippen LogP contribution is -2.34. The van der Waals surface area contributed by atoms with Crippen molar-refractivity contribution in [2.75, 3.05) is 19.8 Å². The van der Waals surface area contributed by atoms with Crippen molar-refractivity contribution in [1.29, 1.82) is 0 Å². The third-order valence-corrected chi connectivity index (χ3v) is 2.75. The number of hydrogen-bond acceptors (Lipinski definition) is 3. The molecule has 1 heterocycles. The Morgan fingerprint density at radius 2 is 2.27 bits per heavy atom. The summed E-state index contributed by atoms with van der Waals surface area (Å²) in [5.41, 5.74) is 0. The fourth-order valence-electron chi connectivity index (χ4n) is 1.71. The topological polar surface area (TPSA) is 30.5 Å². The third kappa shape index (κ3) is 5.50. The summed E-state index contributed by atoms with van der Waals surface area (Å²) in [5.74, 6) is 0. The van der Waals surface area contributed by atoms with Gasteiger partial charge in [-0.1, -0.05) is 20.8 Å². The molecule has 15 heavy (non-hydrogen) atoms. The second-order valence-electron chi connectivity index (χ2n) is 4.56. The van der Waals surface area contributed by atoms with Crippen molar-refractivity contribution in [2.45, 2.75) is 58.3 Å². The van der Waals surface area contributed by atoms with Gasteiger partial charge in [0.15, 0.2) is 0 Å². The van der Waals surface area contributed by atoms with Crippen molar-refractivity contribution in [3.8, 4) is 0 Å². The highest BCUT2D eigenvalue weighted by molar-refractivity contribution is 4.67. The molecule has 2 unspecified atom stereocenters. The molecule has 0 aromatic rings. The summed E-state index contributed by atoms with van der Waals surface area (Å²) in [4.78, 5) is 0. The second-order valence-corrected chi connectivity index (χ2v) is 4.56. The maximum Gasteiger partial charge on any atom is 0.0809 e. The van der Waals surface area contributed by atoms with Gasteiger partial charge in [0, 0.05) is 19.2 Å². The van der Waals surface area contributed by atoms with Crippen molar-refractivity contribution in [2.24, 2.45) is 0 Å². The van der Waals surface area contributed by atoms with E-state index in [-0.39, 0.29) is 0 Å². The molecule has 0 bridgehead atoms. The van der Waals surface area contributed by atoms with Crippen LogP contribution in [-0.2, 0) is 9.47 Å². The van der Waals surface area contributed by atoms with Crippen LogP contribution in [0.1, 0.15) is 40.0 Å². The molecule has 0 saturated carbocycles. The summed E-state index contributed by atoms with van der Waals surface area (Å²) in [6, 6.07) is 0.533. The molecule has 0 aliphatic carbocycles. The fraction of sp³-hybridized carbons (Fsp3) is 1.00. The zero-order chi connectivity index (χ0) is 11.1. The molecule has 0 aromatic carbocycles. The number of hydrogen-bond donors (Lipinski definition) is 1. The quantitative estimate of drug-likeness (QED) is 0.704. The molecule has 1 rings (SSSR count). The van der Waals surface area contributed by atoms with Crippen LogP contribution in [0.4, 0.5) is 0 Å². The van der Waals surface area contributed by atoms with E-state index >= 15 is 0 Å². The van der Waals surface area contributed by atoms with Gasteiger partial charge in [0.05, 0.1) is 18.8 Å². The minimum absolute atomic E-state index is 0.330. The normalized spacial score (nSPS) is 23.6. The van der Waals surface area contributed by atoms with Gasteiger partial charge in [-0.15, -0.1) is 0 Å². The van der Waals surface area contributed by atoms with Crippen LogP contribution in [0.3, 0.4) is 0 Å². The molecule has 1 aliphatic rings. The summed E-state index contributed by atoms with van der Waals surface area (Å²) in [6.07, 6.45) is 4.09. The average molecular weight is 215 g/mol. The molecule has 3 heteroatoms. The second kappa shape index (κ2) is 7.20. The van der Waals surface area contributed by atoms with E-state index in [4.69, 9.17) is 9.47 Å². The van der Waals surface area contributed by atoms with Gasteiger partial charge in [-0.05, 0) is 19.3 Å². The predicted octanol–water partition coefficient (Wildman–Crippen LogP) is 1.96. The first-order valence-electron chi connectivity index (χ1n) is 6.19. The Kier molecular flexibility index (Phi) is 6.22. The van der Waals surface area contributed by atoms with Crippen LogP contribution in [0.5, 0.6) is 0 Å². The number of rotatable bonds is 7. The summed E-state index contributed by atoms with van der Waals surface area (Å²) < 4.78 is 11.4. The summed E-state index contributed by atoms with van der Waals surface area (Å²) in [5, 5.41) is 3.41. The Labute approximate surface area is 93.5 Å². The van der Waals surface area contributed by atoms with Gasteiger partial charge in [-0.3, -0.25) is 0 Å². The number of ether oxygens (including phenoxy) is 2. The largest absolute Gasteiger partial charge is 0.376 e. The van der Waals surface area contributed by atoms with Gasteiger partial charge in [-0.25, -0.2) is 0 Å². The van der Waals surface area contributed by atoms with E-state index in [9.17, 15) is 0 Å². The molecule has 1 saturated heterocycles. The highest BCUT2D eigenvalue weighted by Gasteiger charge is 2.17. The summed E-state index contributed by atoms with van der Waals surface area (Å²) >= 11 is 0. The summed E-state index contributed by atoms with van der Waals surface area (Å²) in [6.45, 7) is 9.11. The standard InChI is InChI=1S/C12H25NO2/c1-4-11(8-13-10(2)3)15-9-12-6-5-7-14-12/h10-13H,4-9H2,1-3H3. The van der Waals surface area contributed by atoms with Crippen LogP contribution in [0.25, 0.3) is 0 Å². The first kappa shape index (κ1) is 12.9. The van der Waals surface area contributed by atoms with Crippen molar-refractivity contribution < 1.29 is 9.47 Å². The van der Waals surface area contributed by atoms with Gasteiger partial charge >= 0.3 is 0 Å². The Hall–Kier alpha value is -0.120. The van der Waals surface area contributed by atoms with E-state index in [1.54, 1.807) is 0 Å². The van der Waals surface area contributed by atoms with Crippen molar-refractivity contribution in [1.82, 2.24) is 5.32 Å². The molecule has 0 radical (unpaired) electrons. The Bertz CT molecular complexity index is 156. The zero-order valence-corrected chi connectivity index (χ0v) is 10.3. The van der Waals surface area contributed by atoms with Crippen LogP contribution < -0.4 is 5.32 Å². The molecule has 3 nitrogen and oxygen atoms in total. The van der Waals surface area contributed by atoms with Gasteiger partial charge in [0.1, 0.15) is 0 Å². The average Bonchev–Trinajstić information content (AvgIpc) is 2.70. The highest BCUT2D eigenvalue weighted by Crippen LogP contribution is 2.13. The van der Waals surface area contributed by atoms with E-state index in [1.165, 1.54) is 6.42 Å².